The van der Waals surface area contributed by atoms with Gasteiger partial charge in [-0.2, -0.15) is 0 Å². The Kier molecular flexibility index (Phi) is 19.5. The molecule has 0 amide bonds. The molecule has 0 heterocycles. The van der Waals surface area contributed by atoms with E-state index in [0.717, 1.165) is 18.7 Å². The molecule has 16 heavy (non-hydrogen) atoms. The number of alkyl halides is 1. The van der Waals surface area contributed by atoms with Crippen LogP contribution >= 0.6 is 11.6 Å². The van der Waals surface area contributed by atoms with Crippen molar-refractivity contribution in [3.8, 4) is 0 Å². The first-order chi connectivity index (χ1) is 7.68. The first kappa shape index (κ1) is 18.1. The van der Waals surface area contributed by atoms with Gasteiger partial charge in [0, 0.05) is 12.3 Å². The lowest BCUT2D eigenvalue weighted by atomic mass is 10.1. The van der Waals surface area contributed by atoms with E-state index >= 15 is 0 Å². The molecule has 0 aromatic carbocycles. The average molecular weight is 251 g/mol. The Labute approximate surface area is 105 Å². The summed E-state index contributed by atoms with van der Waals surface area (Å²) in [6.45, 7) is 4.32. The molecule has 0 atom stereocenters. The average Bonchev–Trinajstić information content (AvgIpc) is 2.26. The number of carboxylic acids is 1. The van der Waals surface area contributed by atoms with Crippen LogP contribution in [0.5, 0.6) is 0 Å². The molecule has 0 aliphatic rings. The zero-order valence-electron chi connectivity index (χ0n) is 10.8. The van der Waals surface area contributed by atoms with Gasteiger partial charge in [-0.15, -0.1) is 11.6 Å². The topological polar surface area (TPSA) is 37.3 Å². The standard InChI is InChI=1S/C8H16O2.C5H11Cl/c1-2-3-4-5-6-7-8(9)10;1-2-3-4-5-6/h2-7H2,1H3,(H,9,10);2-5H2,1H3. The van der Waals surface area contributed by atoms with Crippen molar-refractivity contribution in [2.24, 2.45) is 0 Å². The van der Waals surface area contributed by atoms with Gasteiger partial charge in [0.05, 0.1) is 0 Å². The Bertz CT molecular complexity index is 134. The van der Waals surface area contributed by atoms with E-state index in [9.17, 15) is 4.79 Å². The molecular formula is C13H27ClO2. The third-order valence-corrected chi connectivity index (χ3v) is 2.50. The summed E-state index contributed by atoms with van der Waals surface area (Å²) >= 11 is 5.38. The lowest BCUT2D eigenvalue weighted by molar-refractivity contribution is -0.137. The van der Waals surface area contributed by atoms with E-state index in [0.29, 0.717) is 6.42 Å². The predicted molar refractivity (Wildman–Crippen MR) is 71.3 cm³/mol. The molecule has 0 bridgehead atoms. The van der Waals surface area contributed by atoms with Crippen LogP contribution in [0.1, 0.15) is 71.6 Å². The Morgan fingerprint density at radius 2 is 1.44 bits per heavy atom. The highest BCUT2D eigenvalue weighted by atomic mass is 35.5. The molecule has 0 unspecified atom stereocenters. The minimum atomic E-state index is -0.670. The molecule has 0 aliphatic heterocycles. The Hall–Kier alpha value is -0.240. The third-order valence-electron chi connectivity index (χ3n) is 2.23. The lowest BCUT2D eigenvalue weighted by Gasteiger charge is -1.95. The zero-order valence-corrected chi connectivity index (χ0v) is 11.6. The van der Waals surface area contributed by atoms with Crippen LogP contribution in [0.4, 0.5) is 0 Å². The van der Waals surface area contributed by atoms with Gasteiger partial charge < -0.3 is 5.11 Å². The van der Waals surface area contributed by atoms with E-state index in [1.807, 2.05) is 0 Å². The zero-order chi connectivity index (χ0) is 12.6. The molecule has 3 heteroatoms. The second kappa shape index (κ2) is 17.2. The summed E-state index contributed by atoms with van der Waals surface area (Å²) in [5.41, 5.74) is 0. The molecule has 0 fully saturated rings. The van der Waals surface area contributed by atoms with Crippen molar-refractivity contribution in [3.63, 3.8) is 0 Å². The highest BCUT2D eigenvalue weighted by Gasteiger charge is 1.94. The van der Waals surface area contributed by atoms with Gasteiger partial charge in [-0.25, -0.2) is 0 Å². The van der Waals surface area contributed by atoms with Crippen LogP contribution in [0.25, 0.3) is 0 Å². The van der Waals surface area contributed by atoms with Crippen LogP contribution in [0.3, 0.4) is 0 Å². The number of hydrogen-bond donors (Lipinski definition) is 1. The quantitative estimate of drug-likeness (QED) is 0.469. The van der Waals surface area contributed by atoms with Gasteiger partial charge in [0.15, 0.2) is 0 Å². The molecule has 0 radical (unpaired) electrons. The maximum absolute atomic E-state index is 10.0. The Morgan fingerprint density at radius 3 is 1.81 bits per heavy atom. The number of unbranched alkanes of at least 4 members (excludes halogenated alkanes) is 6. The summed E-state index contributed by atoms with van der Waals surface area (Å²) in [6, 6.07) is 0. The molecule has 0 spiro atoms. The SMILES string of the molecule is CCCCCCCC(=O)O.CCCCCCl. The third kappa shape index (κ3) is 23.5. The van der Waals surface area contributed by atoms with Crippen molar-refractivity contribution >= 4 is 17.6 Å². The van der Waals surface area contributed by atoms with Gasteiger partial charge in [0.2, 0.25) is 0 Å². The fraction of sp³-hybridized carbons (Fsp3) is 0.923. The summed E-state index contributed by atoms with van der Waals surface area (Å²) < 4.78 is 0. The minimum absolute atomic E-state index is 0.337. The van der Waals surface area contributed by atoms with Gasteiger partial charge >= 0.3 is 5.97 Å². The number of aliphatic carboxylic acids is 1. The highest BCUT2D eigenvalue weighted by Crippen LogP contribution is 2.04. The summed E-state index contributed by atoms with van der Waals surface area (Å²) in [7, 11) is 0. The minimum Gasteiger partial charge on any atom is -0.481 e. The maximum Gasteiger partial charge on any atom is 0.303 e. The van der Waals surface area contributed by atoms with Crippen LogP contribution in [0, 0.1) is 0 Å². The molecule has 0 saturated heterocycles. The van der Waals surface area contributed by atoms with Crippen LogP contribution in [-0.2, 0) is 4.79 Å². The Balaban J connectivity index is 0. The summed E-state index contributed by atoms with van der Waals surface area (Å²) in [6.07, 6.45) is 9.62. The van der Waals surface area contributed by atoms with E-state index in [1.54, 1.807) is 0 Å². The molecule has 0 saturated carbocycles. The summed E-state index contributed by atoms with van der Waals surface area (Å²) in [4.78, 5) is 10.0. The van der Waals surface area contributed by atoms with Crippen LogP contribution in [-0.4, -0.2) is 17.0 Å². The molecule has 0 aromatic heterocycles. The number of hydrogen-bond acceptors (Lipinski definition) is 1. The van der Waals surface area contributed by atoms with Crippen LogP contribution in [0.15, 0.2) is 0 Å². The van der Waals surface area contributed by atoms with Crippen molar-refractivity contribution < 1.29 is 9.90 Å². The number of carbonyl (C=O) groups is 1. The van der Waals surface area contributed by atoms with E-state index in [-0.39, 0.29) is 0 Å². The molecule has 0 aliphatic carbocycles. The molecule has 2 nitrogen and oxygen atoms in total. The van der Waals surface area contributed by atoms with Gasteiger partial charge in [0.25, 0.3) is 0 Å². The number of rotatable bonds is 9. The predicted octanol–water partition coefficient (Wildman–Crippen LogP) is 4.85. The first-order valence-corrected chi connectivity index (χ1v) is 7.00. The van der Waals surface area contributed by atoms with Gasteiger partial charge in [-0.1, -0.05) is 52.4 Å². The first-order valence-electron chi connectivity index (χ1n) is 6.46. The van der Waals surface area contributed by atoms with Crippen molar-refractivity contribution in [1.29, 1.82) is 0 Å². The van der Waals surface area contributed by atoms with Crippen molar-refractivity contribution in [2.75, 3.05) is 5.88 Å². The van der Waals surface area contributed by atoms with Crippen molar-refractivity contribution in [3.05, 3.63) is 0 Å². The maximum atomic E-state index is 10.0. The van der Waals surface area contributed by atoms with Crippen molar-refractivity contribution in [2.45, 2.75) is 71.6 Å². The molecule has 1 N–H and O–H groups in total. The second-order valence-corrected chi connectivity index (χ2v) is 4.33. The van der Waals surface area contributed by atoms with E-state index in [2.05, 4.69) is 13.8 Å². The monoisotopic (exact) mass is 250 g/mol. The number of carboxylic acid groups (broad SMARTS) is 1. The molecule has 0 aromatic rings. The molecular weight excluding hydrogens is 224 g/mol. The Morgan fingerprint density at radius 1 is 0.938 bits per heavy atom. The van der Waals surface area contributed by atoms with Gasteiger partial charge in [-0.05, 0) is 12.8 Å². The summed E-state index contributed by atoms with van der Waals surface area (Å²) in [5.74, 6) is 0.157. The number of halogens is 1. The van der Waals surface area contributed by atoms with E-state index in [4.69, 9.17) is 16.7 Å². The van der Waals surface area contributed by atoms with Crippen LogP contribution < -0.4 is 0 Å². The highest BCUT2D eigenvalue weighted by molar-refractivity contribution is 6.17. The van der Waals surface area contributed by atoms with Crippen molar-refractivity contribution in [1.82, 2.24) is 0 Å². The second-order valence-electron chi connectivity index (χ2n) is 3.95. The normalized spacial score (nSPS) is 9.44. The molecule has 0 rings (SSSR count). The van der Waals surface area contributed by atoms with E-state index in [1.165, 1.54) is 38.5 Å². The van der Waals surface area contributed by atoms with Gasteiger partial charge in [-0.3, -0.25) is 4.79 Å². The summed E-state index contributed by atoms with van der Waals surface area (Å²) in [5, 5.41) is 8.27. The van der Waals surface area contributed by atoms with Gasteiger partial charge in [0.1, 0.15) is 0 Å². The van der Waals surface area contributed by atoms with E-state index < -0.39 is 5.97 Å². The lowest BCUT2D eigenvalue weighted by Crippen LogP contribution is -1.93. The fourth-order valence-corrected chi connectivity index (χ4v) is 1.41. The smallest absolute Gasteiger partial charge is 0.303 e. The molecule has 98 valence electrons. The largest absolute Gasteiger partial charge is 0.481 e. The fourth-order valence-electron chi connectivity index (χ4n) is 1.22. The van der Waals surface area contributed by atoms with Crippen LogP contribution in [0.2, 0.25) is 0 Å².